The monoisotopic (exact) mass is 385 g/mol. The molecule has 8 heteroatoms. The summed E-state index contributed by atoms with van der Waals surface area (Å²) in [5.74, 6) is -4.99. The molecule has 0 aromatic rings. The van der Waals surface area contributed by atoms with Crippen LogP contribution in [0.4, 0.5) is 0 Å². The Labute approximate surface area is 156 Å². The van der Waals surface area contributed by atoms with Crippen LogP contribution in [-0.2, 0) is 23.6 Å². The van der Waals surface area contributed by atoms with Crippen LogP contribution in [0.25, 0.3) is 0 Å². The van der Waals surface area contributed by atoms with E-state index in [1.807, 2.05) is 13.1 Å². The molecule has 1 aliphatic rings. The van der Waals surface area contributed by atoms with Crippen LogP contribution in [0, 0.1) is 11.8 Å². The number of rotatable bonds is 7. The fourth-order valence-electron chi connectivity index (χ4n) is 2.93. The van der Waals surface area contributed by atoms with Gasteiger partial charge in [-0.15, -0.1) is 0 Å². The van der Waals surface area contributed by atoms with E-state index in [0.29, 0.717) is 0 Å². The number of amides is 2. The average Bonchev–Trinajstić information content (AvgIpc) is 2.48. The molecule has 0 spiro atoms. The van der Waals surface area contributed by atoms with Crippen molar-refractivity contribution < 1.29 is 28.7 Å². The van der Waals surface area contributed by atoms with E-state index in [0.717, 1.165) is 4.90 Å². The lowest BCUT2D eigenvalue weighted by atomic mass is 9.76. The Bertz CT molecular complexity index is 609. The van der Waals surface area contributed by atoms with E-state index in [2.05, 4.69) is 20.8 Å². The topological polar surface area (TPSA) is 101 Å². The Balaban J connectivity index is 3.14. The maximum atomic E-state index is 12.6. The van der Waals surface area contributed by atoms with Crippen LogP contribution in [0.3, 0.4) is 0 Å². The van der Waals surface area contributed by atoms with Crippen LogP contribution < -0.4 is 0 Å². The zero-order valence-electron chi connectivity index (χ0n) is 17.0. The molecular formula is C18H31NO6Si. The first-order chi connectivity index (χ1) is 11.7. The highest BCUT2D eigenvalue weighted by atomic mass is 28.4. The Morgan fingerprint density at radius 2 is 1.73 bits per heavy atom. The number of hydrogen-bond donors (Lipinski definition) is 1. The van der Waals surface area contributed by atoms with Crippen molar-refractivity contribution in [1.29, 1.82) is 0 Å². The summed E-state index contributed by atoms with van der Waals surface area (Å²) < 4.78 is 6.25. The highest BCUT2D eigenvalue weighted by Crippen LogP contribution is 2.42. The van der Waals surface area contributed by atoms with Crippen LogP contribution in [0.2, 0.25) is 18.1 Å². The van der Waals surface area contributed by atoms with Gasteiger partial charge in [0.2, 0.25) is 11.7 Å². The van der Waals surface area contributed by atoms with Gasteiger partial charge in [0, 0.05) is 6.42 Å². The molecular weight excluding hydrogens is 354 g/mol. The van der Waals surface area contributed by atoms with E-state index in [9.17, 15) is 24.3 Å². The zero-order chi connectivity index (χ0) is 20.6. The van der Waals surface area contributed by atoms with Gasteiger partial charge in [-0.05, 0) is 32.0 Å². The van der Waals surface area contributed by atoms with Crippen molar-refractivity contribution in [3.8, 4) is 0 Å². The average molecular weight is 386 g/mol. The molecule has 0 aromatic heterocycles. The molecule has 148 valence electrons. The highest BCUT2D eigenvalue weighted by molar-refractivity contribution is 6.74. The molecule has 1 N–H and O–H groups in total. The predicted octanol–water partition coefficient (Wildman–Crippen LogP) is 2.45. The molecule has 2 amide bonds. The van der Waals surface area contributed by atoms with E-state index in [1.165, 1.54) is 13.8 Å². The van der Waals surface area contributed by atoms with Crippen molar-refractivity contribution in [2.45, 2.75) is 78.2 Å². The second-order valence-electron chi connectivity index (χ2n) is 8.52. The number of imide groups is 1. The molecule has 7 nitrogen and oxygen atoms in total. The molecule has 0 aromatic carbocycles. The molecule has 1 fully saturated rings. The molecule has 26 heavy (non-hydrogen) atoms. The van der Waals surface area contributed by atoms with Gasteiger partial charge in [-0.2, -0.15) is 0 Å². The molecule has 1 heterocycles. The SMILES string of the molecule is CCC(=O)C(=O)N1C(=O)[C@H]([C@@H](C)O[Si](C)(C)C(C)(C)C)[C@H]1[C@@H](C)C(=O)O. The van der Waals surface area contributed by atoms with E-state index >= 15 is 0 Å². The predicted molar refractivity (Wildman–Crippen MR) is 99.0 cm³/mol. The number of aliphatic carboxylic acids is 1. The third-order valence-electron chi connectivity index (χ3n) is 5.66. The number of hydrogen-bond acceptors (Lipinski definition) is 5. The quantitative estimate of drug-likeness (QED) is 0.410. The van der Waals surface area contributed by atoms with Crippen LogP contribution in [0.5, 0.6) is 0 Å². The van der Waals surface area contributed by atoms with Gasteiger partial charge in [-0.1, -0.05) is 27.7 Å². The number of likely N-dealkylation sites (tertiary alicyclic amines) is 1. The minimum Gasteiger partial charge on any atom is -0.481 e. The largest absolute Gasteiger partial charge is 0.481 e. The molecule has 4 atom stereocenters. The molecule has 1 rings (SSSR count). The second kappa shape index (κ2) is 7.60. The second-order valence-corrected chi connectivity index (χ2v) is 13.3. The van der Waals surface area contributed by atoms with E-state index in [-0.39, 0.29) is 11.5 Å². The van der Waals surface area contributed by atoms with Crippen LogP contribution in [0.1, 0.15) is 48.0 Å². The summed E-state index contributed by atoms with van der Waals surface area (Å²) in [4.78, 5) is 48.9. The zero-order valence-corrected chi connectivity index (χ0v) is 18.0. The summed E-state index contributed by atoms with van der Waals surface area (Å²) in [6, 6.07) is -0.872. The number of Topliss-reactive ketones (excluding diaryl/α,β-unsaturated/α-hetero) is 1. The van der Waals surface area contributed by atoms with E-state index < -0.39 is 55.9 Å². The Hall–Kier alpha value is -1.54. The lowest BCUT2D eigenvalue weighted by molar-refractivity contribution is -0.179. The number of carbonyl (C=O) groups is 4. The van der Waals surface area contributed by atoms with Crippen LogP contribution in [0.15, 0.2) is 0 Å². The minimum atomic E-state index is -2.18. The Morgan fingerprint density at radius 1 is 1.23 bits per heavy atom. The summed E-state index contributed by atoms with van der Waals surface area (Å²) in [6.07, 6.45) is -0.562. The number of β-lactam (4-membered cyclic amide) rings is 1. The third kappa shape index (κ3) is 4.06. The number of nitrogens with zero attached hydrogens (tertiary/aromatic N) is 1. The summed E-state index contributed by atoms with van der Waals surface area (Å²) >= 11 is 0. The molecule has 0 unspecified atom stereocenters. The summed E-state index contributed by atoms with van der Waals surface area (Å²) in [5.41, 5.74) is 0. The summed E-state index contributed by atoms with van der Waals surface area (Å²) in [7, 11) is -2.18. The number of carbonyl (C=O) groups excluding carboxylic acids is 3. The van der Waals surface area contributed by atoms with Crippen molar-refractivity contribution in [3.05, 3.63) is 0 Å². The summed E-state index contributed by atoms with van der Waals surface area (Å²) in [6.45, 7) is 15.0. The standard InChI is InChI=1S/C18H31NO6Si/c1-9-12(20)15(21)19-14(10(2)17(23)24)13(16(19)22)11(3)25-26(7,8)18(4,5)6/h10-11,13-14H,9H2,1-8H3,(H,23,24)/t10-,11-,13-,14-/m1/s1. The first-order valence-electron chi connectivity index (χ1n) is 8.98. The fraction of sp³-hybridized carbons (Fsp3) is 0.778. The van der Waals surface area contributed by atoms with Crippen molar-refractivity contribution in [3.63, 3.8) is 0 Å². The molecule has 0 aliphatic carbocycles. The van der Waals surface area contributed by atoms with Gasteiger partial charge in [0.25, 0.3) is 5.91 Å². The van der Waals surface area contributed by atoms with Crippen LogP contribution in [-0.4, -0.2) is 54.0 Å². The number of carboxylic acid groups (broad SMARTS) is 1. The molecule has 0 saturated carbocycles. The highest BCUT2D eigenvalue weighted by Gasteiger charge is 2.58. The number of ketones is 1. The van der Waals surface area contributed by atoms with Gasteiger partial charge in [-0.25, -0.2) is 0 Å². The summed E-state index contributed by atoms with van der Waals surface area (Å²) in [5, 5.41) is 9.32. The molecule has 0 bridgehead atoms. The maximum absolute atomic E-state index is 12.6. The Kier molecular flexibility index (Phi) is 6.57. The van der Waals surface area contributed by atoms with Crippen molar-refractivity contribution in [2.75, 3.05) is 0 Å². The minimum absolute atomic E-state index is 0.0303. The maximum Gasteiger partial charge on any atom is 0.308 e. The number of carboxylic acids is 1. The van der Waals surface area contributed by atoms with Gasteiger partial charge in [0.15, 0.2) is 8.32 Å². The smallest absolute Gasteiger partial charge is 0.308 e. The first kappa shape index (κ1) is 22.5. The van der Waals surface area contributed by atoms with Gasteiger partial charge < -0.3 is 9.53 Å². The third-order valence-corrected chi connectivity index (χ3v) is 10.2. The molecule has 1 aliphatic heterocycles. The molecule has 1 saturated heterocycles. The van der Waals surface area contributed by atoms with Crippen molar-refractivity contribution in [1.82, 2.24) is 4.90 Å². The lowest BCUT2D eigenvalue weighted by Crippen LogP contribution is -2.70. The van der Waals surface area contributed by atoms with E-state index in [4.69, 9.17) is 4.43 Å². The van der Waals surface area contributed by atoms with E-state index in [1.54, 1.807) is 6.92 Å². The van der Waals surface area contributed by atoms with Gasteiger partial charge in [0.05, 0.1) is 24.0 Å². The van der Waals surface area contributed by atoms with Gasteiger partial charge >= 0.3 is 5.97 Å². The molecule has 0 radical (unpaired) electrons. The van der Waals surface area contributed by atoms with Crippen molar-refractivity contribution in [2.24, 2.45) is 11.8 Å². The fourth-order valence-corrected chi connectivity index (χ4v) is 4.36. The van der Waals surface area contributed by atoms with Crippen LogP contribution >= 0.6 is 0 Å². The van der Waals surface area contributed by atoms with Crippen molar-refractivity contribution >= 4 is 31.9 Å². The normalized spacial score (nSPS) is 23.2. The Morgan fingerprint density at radius 3 is 2.12 bits per heavy atom. The first-order valence-corrected chi connectivity index (χ1v) is 11.9. The van der Waals surface area contributed by atoms with Gasteiger partial charge in [-0.3, -0.25) is 24.1 Å². The lowest BCUT2D eigenvalue weighted by Gasteiger charge is -2.51. The van der Waals surface area contributed by atoms with Gasteiger partial charge in [0.1, 0.15) is 0 Å².